The van der Waals surface area contributed by atoms with Crippen LogP contribution in [-0.2, 0) is 11.2 Å². The van der Waals surface area contributed by atoms with Crippen LogP contribution in [0.3, 0.4) is 0 Å². The van der Waals surface area contributed by atoms with Crippen molar-refractivity contribution >= 4 is 29.1 Å². The molecule has 3 rings (SSSR count). The molecule has 0 fully saturated rings. The number of phenols is 1. The number of rotatable bonds is 6. The number of benzene rings is 2. The molecule has 0 spiro atoms. The number of nitrogens with zero attached hydrogens (tertiary/aromatic N) is 2. The lowest BCUT2D eigenvalue weighted by Crippen LogP contribution is -2.20. The summed E-state index contributed by atoms with van der Waals surface area (Å²) >= 11 is 12.7. The Morgan fingerprint density at radius 1 is 1.11 bits per heavy atom. The zero-order chi connectivity index (χ0) is 19.4. The van der Waals surface area contributed by atoms with Gasteiger partial charge in [0.2, 0.25) is 0 Å². The minimum atomic E-state index is -0.589. The molecule has 3 N–H and O–H groups in total. The standard InChI is InChI=1S/C19H15Cl2N3O3/c20-16-7-13(27-10-19(22)26)8-17(21)15(16)6-11-1-2-18(25)14(5-11)12-3-4-23-24-9-12/h1-5,7-9,25H,6,10H2,(H2,22,26). The van der Waals surface area contributed by atoms with Crippen molar-refractivity contribution in [2.24, 2.45) is 5.73 Å². The number of aromatic nitrogens is 2. The number of nitrogens with two attached hydrogens (primary N) is 1. The van der Waals surface area contributed by atoms with E-state index in [1.165, 1.54) is 0 Å². The molecule has 1 amide bonds. The van der Waals surface area contributed by atoms with E-state index in [1.54, 1.807) is 42.7 Å². The van der Waals surface area contributed by atoms with Crippen LogP contribution in [0.4, 0.5) is 0 Å². The Labute approximate surface area is 165 Å². The Bertz CT molecular complexity index is 958. The average molecular weight is 404 g/mol. The van der Waals surface area contributed by atoms with Gasteiger partial charge in [0.15, 0.2) is 6.61 Å². The quantitative estimate of drug-likeness (QED) is 0.654. The van der Waals surface area contributed by atoms with E-state index in [4.69, 9.17) is 33.7 Å². The van der Waals surface area contributed by atoms with Crippen LogP contribution in [-0.4, -0.2) is 27.8 Å². The predicted molar refractivity (Wildman–Crippen MR) is 103 cm³/mol. The Morgan fingerprint density at radius 3 is 2.48 bits per heavy atom. The first kappa shape index (κ1) is 18.9. The molecule has 3 aromatic rings. The third-order valence-corrected chi connectivity index (χ3v) is 4.51. The van der Waals surface area contributed by atoms with Gasteiger partial charge in [-0.2, -0.15) is 10.2 Å². The molecule has 2 aromatic carbocycles. The van der Waals surface area contributed by atoms with Crippen LogP contribution in [0.2, 0.25) is 10.0 Å². The summed E-state index contributed by atoms with van der Waals surface area (Å²) in [5.41, 5.74) is 8.05. The number of halogens is 2. The summed E-state index contributed by atoms with van der Waals surface area (Å²) in [6.45, 7) is -0.257. The summed E-state index contributed by atoms with van der Waals surface area (Å²) in [5.74, 6) is -0.0884. The van der Waals surface area contributed by atoms with Crippen LogP contribution in [0, 0.1) is 0 Å². The first-order chi connectivity index (χ1) is 12.9. The van der Waals surface area contributed by atoms with Gasteiger partial charge in [-0.05, 0) is 41.5 Å². The van der Waals surface area contributed by atoms with Gasteiger partial charge in [0.1, 0.15) is 11.5 Å². The second kappa shape index (κ2) is 8.24. The number of ether oxygens (including phenoxy) is 1. The van der Waals surface area contributed by atoms with Crippen molar-refractivity contribution in [1.82, 2.24) is 10.2 Å². The molecule has 0 aliphatic rings. The van der Waals surface area contributed by atoms with Crippen molar-refractivity contribution in [2.45, 2.75) is 6.42 Å². The molecule has 1 heterocycles. The molecular weight excluding hydrogens is 389 g/mol. The smallest absolute Gasteiger partial charge is 0.255 e. The van der Waals surface area contributed by atoms with E-state index >= 15 is 0 Å². The van der Waals surface area contributed by atoms with Gasteiger partial charge in [0, 0.05) is 27.6 Å². The molecule has 0 atom stereocenters. The molecule has 0 saturated heterocycles. The van der Waals surface area contributed by atoms with Crippen molar-refractivity contribution in [3.63, 3.8) is 0 Å². The monoisotopic (exact) mass is 403 g/mol. The maximum Gasteiger partial charge on any atom is 0.255 e. The van der Waals surface area contributed by atoms with Gasteiger partial charge in [-0.1, -0.05) is 29.3 Å². The minimum Gasteiger partial charge on any atom is -0.507 e. The normalized spacial score (nSPS) is 10.6. The maximum atomic E-state index is 10.8. The highest BCUT2D eigenvalue weighted by molar-refractivity contribution is 6.36. The molecule has 0 radical (unpaired) electrons. The number of aromatic hydroxyl groups is 1. The topological polar surface area (TPSA) is 98.3 Å². The summed E-state index contributed by atoms with van der Waals surface area (Å²) in [5, 5.41) is 18.5. The van der Waals surface area contributed by atoms with Gasteiger partial charge in [-0.25, -0.2) is 0 Å². The lowest BCUT2D eigenvalue weighted by atomic mass is 9.99. The van der Waals surface area contributed by atoms with Crippen molar-refractivity contribution in [3.05, 3.63) is 70.0 Å². The second-order valence-electron chi connectivity index (χ2n) is 5.78. The summed E-state index contributed by atoms with van der Waals surface area (Å²) in [7, 11) is 0. The van der Waals surface area contributed by atoms with Gasteiger partial charge in [-0.3, -0.25) is 4.79 Å². The molecule has 27 heavy (non-hydrogen) atoms. The first-order valence-electron chi connectivity index (χ1n) is 7.92. The Hall–Kier alpha value is -2.83. The van der Waals surface area contributed by atoms with Crippen LogP contribution in [0.15, 0.2) is 48.8 Å². The minimum absolute atomic E-state index is 0.138. The van der Waals surface area contributed by atoms with E-state index in [1.807, 2.05) is 6.07 Å². The molecule has 0 saturated carbocycles. The molecule has 1 aromatic heterocycles. The summed E-state index contributed by atoms with van der Waals surface area (Å²) in [6.07, 6.45) is 3.57. The molecular formula is C19H15Cl2N3O3. The van der Waals surface area contributed by atoms with Gasteiger partial charge in [-0.15, -0.1) is 0 Å². The number of carbonyl (C=O) groups is 1. The van der Waals surface area contributed by atoms with Crippen molar-refractivity contribution in [2.75, 3.05) is 6.61 Å². The summed E-state index contributed by atoms with van der Waals surface area (Å²) < 4.78 is 5.24. The first-order valence-corrected chi connectivity index (χ1v) is 8.67. The van der Waals surface area contributed by atoms with Gasteiger partial charge < -0.3 is 15.6 Å². The lowest BCUT2D eigenvalue weighted by molar-refractivity contribution is -0.119. The fourth-order valence-electron chi connectivity index (χ4n) is 2.56. The van der Waals surface area contributed by atoms with Crippen LogP contribution in [0.1, 0.15) is 11.1 Å². The zero-order valence-corrected chi connectivity index (χ0v) is 15.5. The molecule has 6 nitrogen and oxygen atoms in total. The highest BCUT2D eigenvalue weighted by Crippen LogP contribution is 2.34. The fourth-order valence-corrected chi connectivity index (χ4v) is 3.17. The fraction of sp³-hybridized carbons (Fsp3) is 0.105. The number of carbonyl (C=O) groups excluding carboxylic acids is 1. The van der Waals surface area contributed by atoms with E-state index in [9.17, 15) is 9.90 Å². The number of hydrogen-bond acceptors (Lipinski definition) is 5. The predicted octanol–water partition coefficient (Wildman–Crippen LogP) is 3.61. The van der Waals surface area contributed by atoms with Crippen LogP contribution in [0.25, 0.3) is 11.1 Å². The Morgan fingerprint density at radius 2 is 1.85 bits per heavy atom. The largest absolute Gasteiger partial charge is 0.507 e. The number of phenolic OH excluding ortho intramolecular Hbond substituents is 1. The molecule has 0 bridgehead atoms. The maximum absolute atomic E-state index is 10.8. The Kier molecular flexibility index (Phi) is 5.78. The number of primary amides is 1. The summed E-state index contributed by atoms with van der Waals surface area (Å²) in [4.78, 5) is 10.8. The number of amides is 1. The van der Waals surface area contributed by atoms with Crippen molar-refractivity contribution in [3.8, 4) is 22.6 Å². The Balaban J connectivity index is 1.88. The van der Waals surface area contributed by atoms with E-state index in [2.05, 4.69) is 10.2 Å². The number of hydrogen-bond donors (Lipinski definition) is 2. The average Bonchev–Trinajstić information content (AvgIpc) is 2.65. The SMILES string of the molecule is NC(=O)COc1cc(Cl)c(Cc2ccc(O)c(-c3ccnnc3)c2)c(Cl)c1. The van der Waals surface area contributed by atoms with Gasteiger partial charge in [0.05, 0.1) is 12.4 Å². The van der Waals surface area contributed by atoms with Crippen molar-refractivity contribution < 1.29 is 14.6 Å². The van der Waals surface area contributed by atoms with Gasteiger partial charge >= 0.3 is 0 Å². The zero-order valence-electron chi connectivity index (χ0n) is 14.0. The van der Waals surface area contributed by atoms with Gasteiger partial charge in [0.25, 0.3) is 5.91 Å². The van der Waals surface area contributed by atoms with Crippen LogP contribution < -0.4 is 10.5 Å². The highest BCUT2D eigenvalue weighted by atomic mass is 35.5. The van der Waals surface area contributed by atoms with Crippen LogP contribution >= 0.6 is 23.2 Å². The summed E-state index contributed by atoms with van der Waals surface area (Å²) in [6, 6.07) is 10.2. The molecule has 0 unspecified atom stereocenters. The van der Waals surface area contributed by atoms with E-state index in [0.29, 0.717) is 33.3 Å². The van der Waals surface area contributed by atoms with E-state index < -0.39 is 5.91 Å². The third-order valence-electron chi connectivity index (χ3n) is 3.83. The van der Waals surface area contributed by atoms with Crippen molar-refractivity contribution in [1.29, 1.82) is 0 Å². The second-order valence-corrected chi connectivity index (χ2v) is 6.59. The molecule has 138 valence electrons. The third kappa shape index (κ3) is 4.67. The molecule has 0 aliphatic heterocycles. The van der Waals surface area contributed by atoms with E-state index in [-0.39, 0.29) is 12.4 Å². The molecule has 8 heteroatoms. The van der Waals surface area contributed by atoms with Crippen LogP contribution in [0.5, 0.6) is 11.5 Å². The van der Waals surface area contributed by atoms with E-state index in [0.717, 1.165) is 11.1 Å². The molecule has 0 aliphatic carbocycles. The highest BCUT2D eigenvalue weighted by Gasteiger charge is 2.13. The lowest BCUT2D eigenvalue weighted by Gasteiger charge is -2.12.